The first-order chi connectivity index (χ1) is 10.0. The van der Waals surface area contributed by atoms with Crippen LogP contribution in [0.4, 0.5) is 0 Å². The zero-order valence-corrected chi connectivity index (χ0v) is 12.4. The molecule has 6 nitrogen and oxygen atoms in total. The molecule has 2 unspecified atom stereocenters. The normalized spacial score (nSPS) is 20.7. The molecule has 1 heterocycles. The van der Waals surface area contributed by atoms with E-state index in [4.69, 9.17) is 5.84 Å². The molecule has 1 saturated heterocycles. The number of amides is 2. The largest absolute Gasteiger partial charge is 0.353 e. The van der Waals surface area contributed by atoms with Gasteiger partial charge < -0.3 is 5.32 Å². The molecular formula is C15H22N4O2. The molecule has 1 aromatic carbocycles. The maximum Gasteiger partial charge on any atom is 0.241 e. The maximum absolute atomic E-state index is 11.6. The van der Waals surface area contributed by atoms with Gasteiger partial charge in [0, 0.05) is 19.6 Å². The second-order valence-corrected chi connectivity index (χ2v) is 5.41. The molecule has 114 valence electrons. The third-order valence-corrected chi connectivity index (χ3v) is 4.03. The molecule has 1 aliphatic rings. The Bertz CT molecular complexity index is 515. The lowest BCUT2D eigenvalue weighted by atomic mass is 9.99. The molecule has 4 N–H and O–H groups in total. The number of hydrogen-bond donors (Lipinski definition) is 3. The fraction of sp³-hybridized carbons (Fsp3) is 0.467. The van der Waals surface area contributed by atoms with E-state index in [0.717, 1.165) is 24.2 Å². The van der Waals surface area contributed by atoms with E-state index < -0.39 is 0 Å². The highest BCUT2D eigenvalue weighted by atomic mass is 16.2. The van der Waals surface area contributed by atoms with Crippen molar-refractivity contribution in [2.45, 2.75) is 32.4 Å². The van der Waals surface area contributed by atoms with Crippen molar-refractivity contribution in [1.29, 1.82) is 0 Å². The van der Waals surface area contributed by atoms with Gasteiger partial charge in [-0.15, -0.1) is 0 Å². The van der Waals surface area contributed by atoms with Crippen LogP contribution in [0, 0.1) is 0 Å². The minimum absolute atomic E-state index is 0.0751. The number of nitrogens with one attached hydrogen (secondary N) is 2. The Morgan fingerprint density at radius 3 is 2.76 bits per heavy atom. The Balaban J connectivity index is 2.02. The molecule has 2 atom stereocenters. The quantitative estimate of drug-likeness (QED) is 0.417. The fourth-order valence-corrected chi connectivity index (χ4v) is 2.47. The Labute approximate surface area is 124 Å². The molecule has 0 aliphatic carbocycles. The Hall–Kier alpha value is -1.92. The predicted molar refractivity (Wildman–Crippen MR) is 80.1 cm³/mol. The van der Waals surface area contributed by atoms with Crippen LogP contribution in [0.15, 0.2) is 24.3 Å². The van der Waals surface area contributed by atoms with E-state index in [2.05, 4.69) is 15.6 Å². The first kappa shape index (κ1) is 15.5. The highest BCUT2D eigenvalue weighted by Crippen LogP contribution is 2.17. The zero-order valence-electron chi connectivity index (χ0n) is 12.4. The molecule has 21 heavy (non-hydrogen) atoms. The van der Waals surface area contributed by atoms with Crippen molar-refractivity contribution in [2.75, 3.05) is 13.1 Å². The standard InChI is InChI=1S/C15H22N4O2/c1-10(14(20)18-16)13-5-3-12(4-6-13)9-19-8-7-17-15(21)11(19)2/h3-6,10-11H,7-9,16H2,1-2H3,(H,17,21)(H,18,20). The number of carbonyl (C=O) groups excluding carboxylic acids is 2. The minimum Gasteiger partial charge on any atom is -0.353 e. The summed E-state index contributed by atoms with van der Waals surface area (Å²) in [6.45, 7) is 5.99. The van der Waals surface area contributed by atoms with Gasteiger partial charge in [-0.3, -0.25) is 19.9 Å². The average molecular weight is 290 g/mol. The minimum atomic E-state index is -0.274. The first-order valence-electron chi connectivity index (χ1n) is 7.14. The van der Waals surface area contributed by atoms with Gasteiger partial charge in [0.15, 0.2) is 0 Å². The van der Waals surface area contributed by atoms with Gasteiger partial charge in [0.1, 0.15) is 0 Å². The lowest BCUT2D eigenvalue weighted by Crippen LogP contribution is -2.53. The fourth-order valence-electron chi connectivity index (χ4n) is 2.47. The van der Waals surface area contributed by atoms with E-state index in [-0.39, 0.29) is 23.8 Å². The molecule has 2 amide bonds. The molecule has 2 rings (SSSR count). The molecule has 6 heteroatoms. The number of nitrogens with two attached hydrogens (primary N) is 1. The topological polar surface area (TPSA) is 87.5 Å². The van der Waals surface area contributed by atoms with Crippen molar-refractivity contribution in [3.05, 3.63) is 35.4 Å². The lowest BCUT2D eigenvalue weighted by Gasteiger charge is -2.32. The Morgan fingerprint density at radius 1 is 1.48 bits per heavy atom. The second-order valence-electron chi connectivity index (χ2n) is 5.41. The molecule has 0 saturated carbocycles. The van der Waals surface area contributed by atoms with Crippen LogP contribution in [0.3, 0.4) is 0 Å². The summed E-state index contributed by atoms with van der Waals surface area (Å²) in [5.41, 5.74) is 4.21. The molecule has 1 aliphatic heterocycles. The summed E-state index contributed by atoms with van der Waals surface area (Å²) in [6.07, 6.45) is 0. The van der Waals surface area contributed by atoms with Crippen molar-refractivity contribution in [1.82, 2.24) is 15.6 Å². The van der Waals surface area contributed by atoms with Gasteiger partial charge in [-0.05, 0) is 25.0 Å². The molecular weight excluding hydrogens is 268 g/mol. The van der Waals surface area contributed by atoms with Gasteiger partial charge in [0.05, 0.1) is 12.0 Å². The molecule has 1 fully saturated rings. The van der Waals surface area contributed by atoms with Crippen molar-refractivity contribution >= 4 is 11.8 Å². The van der Waals surface area contributed by atoms with Crippen LogP contribution in [-0.4, -0.2) is 35.8 Å². The van der Waals surface area contributed by atoms with Gasteiger partial charge in [-0.1, -0.05) is 24.3 Å². The number of piperazine rings is 1. The number of benzene rings is 1. The van der Waals surface area contributed by atoms with Crippen LogP contribution in [0.5, 0.6) is 0 Å². The second kappa shape index (κ2) is 6.69. The van der Waals surface area contributed by atoms with Gasteiger partial charge in [0.25, 0.3) is 0 Å². The van der Waals surface area contributed by atoms with E-state index in [1.807, 2.05) is 38.1 Å². The highest BCUT2D eigenvalue weighted by Gasteiger charge is 2.25. The third-order valence-electron chi connectivity index (χ3n) is 4.03. The summed E-state index contributed by atoms with van der Waals surface area (Å²) in [6, 6.07) is 7.75. The maximum atomic E-state index is 11.6. The van der Waals surface area contributed by atoms with Gasteiger partial charge in [-0.25, -0.2) is 5.84 Å². The van der Waals surface area contributed by atoms with Crippen molar-refractivity contribution in [2.24, 2.45) is 5.84 Å². The summed E-state index contributed by atoms with van der Waals surface area (Å²) in [7, 11) is 0. The summed E-state index contributed by atoms with van der Waals surface area (Å²) < 4.78 is 0. The number of rotatable bonds is 4. The molecule has 1 aromatic rings. The highest BCUT2D eigenvalue weighted by molar-refractivity contribution is 5.82. The van der Waals surface area contributed by atoms with Crippen molar-refractivity contribution in [3.8, 4) is 0 Å². The first-order valence-corrected chi connectivity index (χ1v) is 7.14. The number of carbonyl (C=O) groups is 2. The smallest absolute Gasteiger partial charge is 0.241 e. The summed E-state index contributed by atoms with van der Waals surface area (Å²) in [4.78, 5) is 25.3. The van der Waals surface area contributed by atoms with Crippen LogP contribution < -0.4 is 16.6 Å². The van der Waals surface area contributed by atoms with E-state index >= 15 is 0 Å². The summed E-state index contributed by atoms with van der Waals surface area (Å²) in [5.74, 6) is 4.74. The summed E-state index contributed by atoms with van der Waals surface area (Å²) >= 11 is 0. The van der Waals surface area contributed by atoms with Crippen molar-refractivity contribution < 1.29 is 9.59 Å². The Morgan fingerprint density at radius 2 is 2.14 bits per heavy atom. The van der Waals surface area contributed by atoms with Crippen LogP contribution in [0.2, 0.25) is 0 Å². The molecule has 0 aromatic heterocycles. The van der Waals surface area contributed by atoms with Crippen molar-refractivity contribution in [3.63, 3.8) is 0 Å². The number of nitrogens with zero attached hydrogens (tertiary/aromatic N) is 1. The van der Waals surface area contributed by atoms with E-state index in [0.29, 0.717) is 6.54 Å². The average Bonchev–Trinajstić information content (AvgIpc) is 2.51. The molecule has 0 bridgehead atoms. The van der Waals surface area contributed by atoms with Gasteiger partial charge >= 0.3 is 0 Å². The zero-order chi connectivity index (χ0) is 15.4. The SMILES string of the molecule is CC(C(=O)NN)c1ccc(CN2CCNC(=O)C2C)cc1. The van der Waals surface area contributed by atoms with Crippen LogP contribution in [0.1, 0.15) is 30.9 Å². The lowest BCUT2D eigenvalue weighted by molar-refractivity contribution is -0.128. The van der Waals surface area contributed by atoms with E-state index in [1.165, 1.54) is 0 Å². The van der Waals surface area contributed by atoms with Crippen LogP contribution >= 0.6 is 0 Å². The summed E-state index contributed by atoms with van der Waals surface area (Å²) in [5, 5.41) is 2.85. The monoisotopic (exact) mass is 290 g/mol. The van der Waals surface area contributed by atoms with Crippen LogP contribution in [-0.2, 0) is 16.1 Å². The number of hydrogen-bond acceptors (Lipinski definition) is 4. The number of hydrazine groups is 1. The van der Waals surface area contributed by atoms with E-state index in [9.17, 15) is 9.59 Å². The van der Waals surface area contributed by atoms with E-state index in [1.54, 1.807) is 0 Å². The van der Waals surface area contributed by atoms with Gasteiger partial charge in [0.2, 0.25) is 11.8 Å². The van der Waals surface area contributed by atoms with Crippen LogP contribution in [0.25, 0.3) is 0 Å². The Kier molecular flexibility index (Phi) is 4.93. The van der Waals surface area contributed by atoms with Gasteiger partial charge in [-0.2, -0.15) is 0 Å². The molecule has 0 radical (unpaired) electrons. The third kappa shape index (κ3) is 3.59. The predicted octanol–water partition coefficient (Wildman–Crippen LogP) is 0.100. The molecule has 0 spiro atoms.